The minimum Gasteiger partial charge on any atom is -0.317 e. The topological polar surface area (TPSA) is 37.8 Å². The van der Waals surface area contributed by atoms with Crippen LogP contribution < -0.4 is 5.32 Å². The zero-order valence-corrected chi connectivity index (χ0v) is 10.9. The first-order chi connectivity index (χ1) is 6.70. The highest BCUT2D eigenvalue weighted by Crippen LogP contribution is 2.24. The Balaban J connectivity index is 2.94. The van der Waals surface area contributed by atoms with Crippen molar-refractivity contribution < 1.29 is 0 Å². The predicted octanol–water partition coefficient (Wildman–Crippen LogP) is 2.18. The van der Waals surface area contributed by atoms with E-state index >= 15 is 0 Å². The van der Waals surface area contributed by atoms with Gasteiger partial charge in [0.1, 0.15) is 6.33 Å². The molecule has 1 aromatic rings. The Morgan fingerprint density at radius 1 is 1.57 bits per heavy atom. The van der Waals surface area contributed by atoms with Crippen LogP contribution in [0, 0.1) is 3.57 Å². The summed E-state index contributed by atoms with van der Waals surface area (Å²) in [5.41, 5.74) is 1.16. The molecular weight excluding hydrogens is 289 g/mol. The molecule has 1 aromatic heterocycles. The van der Waals surface area contributed by atoms with Crippen LogP contribution in [0.2, 0.25) is 0 Å². The summed E-state index contributed by atoms with van der Waals surface area (Å²) in [5, 5.41) is 3.28. The van der Waals surface area contributed by atoms with Crippen molar-refractivity contribution in [2.75, 3.05) is 7.05 Å². The number of rotatable bonds is 4. The van der Waals surface area contributed by atoms with Crippen LogP contribution in [-0.2, 0) is 0 Å². The third kappa shape index (κ3) is 2.63. The monoisotopic (exact) mass is 305 g/mol. The normalized spacial score (nSPS) is 15.1. The number of nitrogens with zero attached hydrogens (tertiary/aromatic N) is 2. The van der Waals surface area contributed by atoms with E-state index in [2.05, 4.69) is 51.7 Å². The van der Waals surface area contributed by atoms with Gasteiger partial charge in [0.15, 0.2) is 0 Å². The Labute approximate surface area is 98.9 Å². The van der Waals surface area contributed by atoms with Crippen molar-refractivity contribution in [2.45, 2.75) is 32.2 Å². The van der Waals surface area contributed by atoms with Crippen molar-refractivity contribution in [3.63, 3.8) is 0 Å². The van der Waals surface area contributed by atoms with Gasteiger partial charge in [-0.05, 0) is 43.0 Å². The van der Waals surface area contributed by atoms with Gasteiger partial charge in [-0.15, -0.1) is 0 Å². The molecule has 1 N–H and O–H groups in total. The Bertz CT molecular complexity index is 290. The fraction of sp³-hybridized carbons (Fsp3) is 0.600. The molecule has 0 spiro atoms. The van der Waals surface area contributed by atoms with Gasteiger partial charge in [0.2, 0.25) is 0 Å². The van der Waals surface area contributed by atoms with Gasteiger partial charge in [0, 0.05) is 18.2 Å². The molecule has 2 unspecified atom stereocenters. The van der Waals surface area contributed by atoms with Gasteiger partial charge in [-0.1, -0.05) is 6.92 Å². The molecule has 1 heterocycles. The molecule has 0 fully saturated rings. The van der Waals surface area contributed by atoms with Gasteiger partial charge < -0.3 is 5.32 Å². The Hall–Kier alpha value is -0.230. The largest absolute Gasteiger partial charge is 0.317 e. The quantitative estimate of drug-likeness (QED) is 0.867. The molecule has 0 aliphatic rings. The van der Waals surface area contributed by atoms with Gasteiger partial charge in [0.25, 0.3) is 0 Å². The van der Waals surface area contributed by atoms with Crippen LogP contribution >= 0.6 is 22.6 Å². The third-order valence-electron chi connectivity index (χ3n) is 2.55. The van der Waals surface area contributed by atoms with Crippen LogP contribution in [0.4, 0.5) is 0 Å². The van der Waals surface area contributed by atoms with E-state index < -0.39 is 0 Å². The van der Waals surface area contributed by atoms with Crippen LogP contribution in [0.15, 0.2) is 12.5 Å². The minimum atomic E-state index is 0.448. The number of hydrogen-bond acceptors (Lipinski definition) is 3. The Morgan fingerprint density at radius 3 is 2.79 bits per heavy atom. The number of nitrogens with one attached hydrogen (secondary N) is 1. The molecule has 0 radical (unpaired) electrons. The summed E-state index contributed by atoms with van der Waals surface area (Å²) in [6.07, 6.45) is 4.59. The Kier molecular flexibility index (Phi) is 4.74. The fourth-order valence-corrected chi connectivity index (χ4v) is 2.28. The SMILES string of the molecule is CCC(c1ncncc1I)C(C)NC. The molecule has 0 bridgehead atoms. The smallest absolute Gasteiger partial charge is 0.115 e. The molecule has 4 heteroatoms. The van der Waals surface area contributed by atoms with E-state index in [1.807, 2.05) is 13.2 Å². The average molecular weight is 305 g/mol. The van der Waals surface area contributed by atoms with E-state index in [0.29, 0.717) is 12.0 Å². The maximum atomic E-state index is 4.36. The standard InChI is InChI=1S/C10H16IN3/c1-4-8(7(2)12-3)10-9(11)5-13-6-14-10/h5-8,12H,4H2,1-3H3. The van der Waals surface area contributed by atoms with Crippen molar-refractivity contribution in [1.29, 1.82) is 0 Å². The van der Waals surface area contributed by atoms with Gasteiger partial charge in [0.05, 0.1) is 9.26 Å². The second kappa shape index (κ2) is 5.60. The second-order valence-corrected chi connectivity index (χ2v) is 4.51. The van der Waals surface area contributed by atoms with Crippen LogP contribution in [0.1, 0.15) is 31.9 Å². The summed E-state index contributed by atoms with van der Waals surface area (Å²) in [6, 6.07) is 0.448. The van der Waals surface area contributed by atoms with Crippen molar-refractivity contribution in [3.8, 4) is 0 Å². The summed E-state index contributed by atoms with van der Waals surface area (Å²) in [5.74, 6) is 0.467. The molecule has 0 saturated heterocycles. The molecule has 3 nitrogen and oxygen atoms in total. The first-order valence-corrected chi connectivity index (χ1v) is 5.91. The molecule has 0 aliphatic carbocycles. The third-order valence-corrected chi connectivity index (χ3v) is 3.38. The Morgan fingerprint density at radius 2 is 2.29 bits per heavy atom. The molecule has 0 aromatic carbocycles. The molecule has 1 rings (SSSR count). The summed E-state index contributed by atoms with van der Waals surface area (Å²) in [7, 11) is 1.99. The first-order valence-electron chi connectivity index (χ1n) is 4.83. The lowest BCUT2D eigenvalue weighted by Crippen LogP contribution is -2.29. The fourth-order valence-electron chi connectivity index (χ4n) is 1.58. The van der Waals surface area contributed by atoms with Crippen molar-refractivity contribution in [1.82, 2.24) is 15.3 Å². The van der Waals surface area contributed by atoms with E-state index in [0.717, 1.165) is 15.7 Å². The summed E-state index contributed by atoms with van der Waals surface area (Å²) in [4.78, 5) is 8.37. The predicted molar refractivity (Wildman–Crippen MR) is 66.3 cm³/mol. The molecule has 0 aliphatic heterocycles. The maximum absolute atomic E-state index is 4.36. The average Bonchev–Trinajstić information content (AvgIpc) is 2.21. The van der Waals surface area contributed by atoms with Crippen molar-refractivity contribution >= 4 is 22.6 Å². The van der Waals surface area contributed by atoms with Crippen molar-refractivity contribution in [3.05, 3.63) is 21.8 Å². The van der Waals surface area contributed by atoms with E-state index in [9.17, 15) is 0 Å². The van der Waals surface area contributed by atoms with Gasteiger partial charge in [-0.2, -0.15) is 0 Å². The van der Waals surface area contributed by atoms with Gasteiger partial charge in [-0.3, -0.25) is 0 Å². The van der Waals surface area contributed by atoms with Crippen LogP contribution in [0.25, 0.3) is 0 Å². The minimum absolute atomic E-state index is 0.448. The molecule has 2 atom stereocenters. The zero-order valence-electron chi connectivity index (χ0n) is 8.79. The highest BCUT2D eigenvalue weighted by molar-refractivity contribution is 14.1. The van der Waals surface area contributed by atoms with Gasteiger partial charge >= 0.3 is 0 Å². The lowest BCUT2D eigenvalue weighted by atomic mass is 9.94. The summed E-state index contributed by atoms with van der Waals surface area (Å²) >= 11 is 2.30. The highest BCUT2D eigenvalue weighted by Gasteiger charge is 2.19. The van der Waals surface area contributed by atoms with Crippen molar-refractivity contribution in [2.24, 2.45) is 0 Å². The lowest BCUT2D eigenvalue weighted by molar-refractivity contribution is 0.472. The lowest BCUT2D eigenvalue weighted by Gasteiger charge is -2.22. The number of aromatic nitrogens is 2. The number of likely N-dealkylation sites (N-methyl/N-ethyl adjacent to an activating group) is 1. The number of hydrogen-bond donors (Lipinski definition) is 1. The van der Waals surface area contributed by atoms with E-state index in [1.165, 1.54) is 0 Å². The van der Waals surface area contributed by atoms with Crippen LogP contribution in [0.5, 0.6) is 0 Å². The van der Waals surface area contributed by atoms with Gasteiger partial charge in [-0.25, -0.2) is 9.97 Å². The summed E-state index contributed by atoms with van der Waals surface area (Å²) in [6.45, 7) is 4.38. The zero-order chi connectivity index (χ0) is 10.6. The van der Waals surface area contributed by atoms with Crippen LogP contribution in [-0.4, -0.2) is 23.1 Å². The van der Waals surface area contributed by atoms with Crippen LogP contribution in [0.3, 0.4) is 0 Å². The van der Waals surface area contributed by atoms with E-state index in [1.54, 1.807) is 6.33 Å². The second-order valence-electron chi connectivity index (χ2n) is 3.35. The summed E-state index contributed by atoms with van der Waals surface area (Å²) < 4.78 is 1.15. The van der Waals surface area contributed by atoms with E-state index in [-0.39, 0.29) is 0 Å². The molecule has 0 saturated carbocycles. The molecular formula is C10H16IN3. The molecule has 0 amide bonds. The number of halogens is 1. The molecule has 14 heavy (non-hydrogen) atoms. The van der Waals surface area contributed by atoms with E-state index in [4.69, 9.17) is 0 Å². The first kappa shape index (κ1) is 11.8. The molecule has 78 valence electrons. The maximum Gasteiger partial charge on any atom is 0.115 e. The highest BCUT2D eigenvalue weighted by atomic mass is 127.